The maximum absolute atomic E-state index is 11.4. The lowest BCUT2D eigenvalue weighted by Gasteiger charge is -2.10. The third kappa shape index (κ3) is 4.40. The summed E-state index contributed by atoms with van der Waals surface area (Å²) in [7, 11) is -3.75. The molecule has 3 aromatic rings. The zero-order valence-corrected chi connectivity index (χ0v) is 17.2. The number of halogens is 1. The summed E-state index contributed by atoms with van der Waals surface area (Å²) < 4.78 is 24.8. The molecule has 29 heavy (non-hydrogen) atoms. The van der Waals surface area contributed by atoms with E-state index >= 15 is 0 Å². The number of carboxylic acid groups (broad SMARTS) is 1. The number of primary sulfonamides is 1. The molecule has 150 valence electrons. The largest absolute Gasteiger partial charge is 0.478 e. The summed E-state index contributed by atoms with van der Waals surface area (Å²) in [4.78, 5) is 15.6. The number of aryl methyl sites for hydroxylation is 1. The number of carboxylic acids is 1. The van der Waals surface area contributed by atoms with Crippen molar-refractivity contribution in [2.24, 2.45) is 10.1 Å². The zero-order valence-electron chi connectivity index (χ0n) is 15.6. The quantitative estimate of drug-likeness (QED) is 0.597. The van der Waals surface area contributed by atoms with Gasteiger partial charge in [-0.25, -0.2) is 18.4 Å². The molecule has 0 amide bonds. The van der Waals surface area contributed by atoms with Gasteiger partial charge in [0, 0.05) is 28.9 Å². The van der Waals surface area contributed by atoms with E-state index in [9.17, 15) is 13.2 Å². The van der Waals surface area contributed by atoms with Gasteiger partial charge in [0.05, 0.1) is 21.2 Å². The van der Waals surface area contributed by atoms with Crippen LogP contribution < -0.4 is 5.14 Å². The van der Waals surface area contributed by atoms with Crippen LogP contribution in [0.3, 0.4) is 0 Å². The molecule has 1 heterocycles. The average molecular weight is 432 g/mol. The first-order chi connectivity index (χ1) is 13.6. The maximum atomic E-state index is 11.4. The van der Waals surface area contributed by atoms with Crippen LogP contribution in [0.1, 0.15) is 27.3 Å². The number of aromatic nitrogens is 1. The molecule has 0 aliphatic heterocycles. The van der Waals surface area contributed by atoms with Crippen LogP contribution in [-0.2, 0) is 10.0 Å². The second-order valence-corrected chi connectivity index (χ2v) is 8.40. The molecule has 3 N–H and O–H groups in total. The van der Waals surface area contributed by atoms with Crippen LogP contribution in [-0.4, -0.2) is 30.3 Å². The summed E-state index contributed by atoms with van der Waals surface area (Å²) in [5.74, 6) is -1.12. The molecule has 1 aromatic heterocycles. The molecule has 0 fully saturated rings. The van der Waals surface area contributed by atoms with E-state index in [2.05, 4.69) is 4.99 Å². The van der Waals surface area contributed by atoms with Crippen LogP contribution in [0.2, 0.25) is 5.02 Å². The number of hydrogen-bond acceptors (Lipinski definition) is 4. The van der Waals surface area contributed by atoms with Gasteiger partial charge in [-0.1, -0.05) is 11.6 Å². The van der Waals surface area contributed by atoms with Crippen LogP contribution in [0.25, 0.3) is 5.69 Å². The molecule has 0 aliphatic rings. The van der Waals surface area contributed by atoms with Crippen LogP contribution in [0.5, 0.6) is 0 Å². The molecule has 0 spiro atoms. The standard InChI is InChI=1S/C20H18ClN3O4S/c1-12-9-14(11-23-15-3-8-19(21)18(10-15)20(25)26)13(2)24(12)16-4-6-17(7-5-16)29(22,27)28/h3-11H,1-2H3,(H,25,26)(H2,22,27,28). The molecule has 0 atom stereocenters. The fraction of sp³-hybridized carbons (Fsp3) is 0.100. The Morgan fingerprint density at radius 3 is 2.38 bits per heavy atom. The van der Waals surface area contributed by atoms with Crippen LogP contribution in [0, 0.1) is 13.8 Å². The van der Waals surface area contributed by atoms with Gasteiger partial charge in [0.25, 0.3) is 0 Å². The van der Waals surface area contributed by atoms with Gasteiger partial charge >= 0.3 is 5.97 Å². The lowest BCUT2D eigenvalue weighted by atomic mass is 10.2. The number of nitrogens with two attached hydrogens (primary N) is 1. The highest BCUT2D eigenvalue weighted by atomic mass is 35.5. The molecule has 9 heteroatoms. The molecule has 0 unspecified atom stereocenters. The van der Waals surface area contributed by atoms with Crippen molar-refractivity contribution in [1.82, 2.24) is 4.57 Å². The minimum atomic E-state index is -3.75. The number of aromatic carboxylic acids is 1. The normalized spacial score (nSPS) is 11.9. The molecule has 2 aromatic carbocycles. The Bertz CT molecular complexity index is 1230. The van der Waals surface area contributed by atoms with Crippen molar-refractivity contribution in [1.29, 1.82) is 0 Å². The van der Waals surface area contributed by atoms with E-state index in [-0.39, 0.29) is 15.5 Å². The summed E-state index contributed by atoms with van der Waals surface area (Å²) in [6, 6.07) is 12.7. The van der Waals surface area contributed by atoms with Gasteiger partial charge < -0.3 is 9.67 Å². The van der Waals surface area contributed by atoms with Crippen molar-refractivity contribution in [3.8, 4) is 5.69 Å². The second-order valence-electron chi connectivity index (χ2n) is 6.43. The minimum absolute atomic E-state index is 0.0123. The SMILES string of the molecule is Cc1cc(C=Nc2ccc(Cl)c(C(=O)O)c2)c(C)n1-c1ccc(S(N)(=O)=O)cc1. The number of aliphatic imine (C=N–C) groups is 1. The maximum Gasteiger partial charge on any atom is 0.337 e. The van der Waals surface area contributed by atoms with Crippen molar-refractivity contribution >= 4 is 39.5 Å². The van der Waals surface area contributed by atoms with Gasteiger partial charge in [-0.3, -0.25) is 4.99 Å². The number of benzene rings is 2. The summed E-state index contributed by atoms with van der Waals surface area (Å²) >= 11 is 5.88. The van der Waals surface area contributed by atoms with Gasteiger partial charge in [-0.05, 0) is 62.4 Å². The smallest absolute Gasteiger partial charge is 0.337 e. The molecule has 3 rings (SSSR count). The third-order valence-electron chi connectivity index (χ3n) is 4.43. The first-order valence-corrected chi connectivity index (χ1v) is 10.4. The molecular weight excluding hydrogens is 414 g/mol. The van der Waals surface area contributed by atoms with Crippen molar-refractivity contribution in [2.45, 2.75) is 18.7 Å². The van der Waals surface area contributed by atoms with E-state index in [0.717, 1.165) is 22.6 Å². The predicted octanol–water partition coefficient (Wildman–Crippen LogP) is 3.84. The van der Waals surface area contributed by atoms with E-state index in [1.54, 1.807) is 24.4 Å². The summed E-state index contributed by atoms with van der Waals surface area (Å²) in [6.07, 6.45) is 1.65. The summed E-state index contributed by atoms with van der Waals surface area (Å²) in [5.41, 5.74) is 3.89. The van der Waals surface area contributed by atoms with E-state index < -0.39 is 16.0 Å². The van der Waals surface area contributed by atoms with Crippen molar-refractivity contribution in [3.05, 3.63) is 76.1 Å². The Balaban J connectivity index is 1.95. The zero-order chi connectivity index (χ0) is 21.3. The fourth-order valence-corrected chi connectivity index (χ4v) is 3.72. The summed E-state index contributed by atoms with van der Waals surface area (Å²) in [5, 5.41) is 14.5. The van der Waals surface area contributed by atoms with E-state index in [1.165, 1.54) is 24.3 Å². The Kier molecular flexibility index (Phi) is 5.61. The summed E-state index contributed by atoms with van der Waals surface area (Å²) in [6.45, 7) is 3.83. The van der Waals surface area contributed by atoms with Gasteiger partial charge in [-0.2, -0.15) is 0 Å². The molecule has 7 nitrogen and oxygen atoms in total. The van der Waals surface area contributed by atoms with Gasteiger partial charge in [0.1, 0.15) is 0 Å². The predicted molar refractivity (Wildman–Crippen MR) is 112 cm³/mol. The number of carbonyl (C=O) groups is 1. The first-order valence-electron chi connectivity index (χ1n) is 8.47. The Morgan fingerprint density at radius 1 is 1.14 bits per heavy atom. The van der Waals surface area contributed by atoms with Gasteiger partial charge in [0.2, 0.25) is 10.0 Å². The molecular formula is C20H18ClN3O4S. The average Bonchev–Trinajstić information content (AvgIpc) is 2.93. The van der Waals surface area contributed by atoms with Crippen molar-refractivity contribution in [2.75, 3.05) is 0 Å². The first kappa shape index (κ1) is 20.8. The van der Waals surface area contributed by atoms with Crippen LogP contribution in [0.15, 0.2) is 58.4 Å². The van der Waals surface area contributed by atoms with Crippen molar-refractivity contribution < 1.29 is 18.3 Å². The third-order valence-corrected chi connectivity index (χ3v) is 5.69. The topological polar surface area (TPSA) is 115 Å². The van der Waals surface area contributed by atoms with Gasteiger partial charge in [-0.15, -0.1) is 0 Å². The highest BCUT2D eigenvalue weighted by Gasteiger charge is 2.12. The number of hydrogen-bond donors (Lipinski definition) is 2. The molecule has 0 bridgehead atoms. The fourth-order valence-electron chi connectivity index (χ4n) is 3.00. The molecule has 0 aliphatic carbocycles. The minimum Gasteiger partial charge on any atom is -0.478 e. The molecule has 0 radical (unpaired) electrons. The van der Waals surface area contributed by atoms with E-state index in [1.807, 2.05) is 24.5 Å². The van der Waals surface area contributed by atoms with Crippen molar-refractivity contribution in [3.63, 3.8) is 0 Å². The highest BCUT2D eigenvalue weighted by molar-refractivity contribution is 7.89. The Labute approximate surface area is 173 Å². The van der Waals surface area contributed by atoms with E-state index in [4.69, 9.17) is 21.8 Å². The Hall–Kier alpha value is -2.94. The molecule has 0 saturated carbocycles. The molecule has 0 saturated heterocycles. The van der Waals surface area contributed by atoms with Gasteiger partial charge in [0.15, 0.2) is 0 Å². The highest BCUT2D eigenvalue weighted by Crippen LogP contribution is 2.24. The van der Waals surface area contributed by atoms with Crippen LogP contribution in [0.4, 0.5) is 5.69 Å². The lowest BCUT2D eigenvalue weighted by Crippen LogP contribution is -2.12. The number of rotatable bonds is 5. The van der Waals surface area contributed by atoms with E-state index in [0.29, 0.717) is 5.69 Å². The second kappa shape index (κ2) is 7.82. The number of sulfonamides is 1. The Morgan fingerprint density at radius 2 is 1.79 bits per heavy atom. The van der Waals surface area contributed by atoms with Crippen LogP contribution >= 0.6 is 11.6 Å². The lowest BCUT2D eigenvalue weighted by molar-refractivity contribution is 0.0697. The monoisotopic (exact) mass is 431 g/mol. The number of nitrogens with zero attached hydrogens (tertiary/aromatic N) is 2.